The van der Waals surface area contributed by atoms with Gasteiger partial charge in [0.05, 0.1) is 5.69 Å². The van der Waals surface area contributed by atoms with Crippen molar-refractivity contribution in [2.45, 2.75) is 25.2 Å². The molecule has 7 nitrogen and oxygen atoms in total. The Bertz CT molecular complexity index is 971. The molecule has 0 fully saturated rings. The van der Waals surface area contributed by atoms with Crippen LogP contribution in [0, 0.1) is 6.92 Å². The fraction of sp³-hybridized carbons (Fsp3) is 0.333. The van der Waals surface area contributed by atoms with E-state index < -0.39 is 26.2 Å². The van der Waals surface area contributed by atoms with E-state index in [1.165, 1.54) is 14.1 Å². The van der Waals surface area contributed by atoms with Gasteiger partial charge in [0.25, 0.3) is 15.6 Å². The number of aryl methyl sites for hydroxylation is 3. The van der Waals surface area contributed by atoms with Crippen molar-refractivity contribution < 1.29 is 8.42 Å². The fourth-order valence-electron chi connectivity index (χ4n) is 2.32. The van der Waals surface area contributed by atoms with Crippen molar-refractivity contribution in [1.29, 1.82) is 0 Å². The van der Waals surface area contributed by atoms with E-state index in [1.807, 2.05) is 19.1 Å². The van der Waals surface area contributed by atoms with Crippen LogP contribution in [0.2, 0.25) is 0 Å². The van der Waals surface area contributed by atoms with E-state index in [0.29, 0.717) is 12.1 Å². The number of nitrogens with one attached hydrogen (secondary N) is 1. The molecule has 1 heterocycles. The summed E-state index contributed by atoms with van der Waals surface area (Å²) >= 11 is 0. The van der Waals surface area contributed by atoms with Gasteiger partial charge in [-0.2, -0.15) is 0 Å². The summed E-state index contributed by atoms with van der Waals surface area (Å²) < 4.78 is 29.6. The van der Waals surface area contributed by atoms with Crippen molar-refractivity contribution in [2.24, 2.45) is 14.1 Å². The lowest BCUT2D eigenvalue weighted by Crippen LogP contribution is -2.40. The first-order valence-corrected chi connectivity index (χ1v) is 8.55. The van der Waals surface area contributed by atoms with Gasteiger partial charge in [-0.05, 0) is 24.5 Å². The number of aromatic nitrogens is 2. The minimum absolute atomic E-state index is 0.464. The normalized spacial score (nSPS) is 11.5. The van der Waals surface area contributed by atoms with Crippen LogP contribution in [0.4, 0.5) is 5.69 Å². The lowest BCUT2D eigenvalue weighted by atomic mass is 10.1. The van der Waals surface area contributed by atoms with E-state index in [-0.39, 0.29) is 0 Å². The second-order valence-corrected chi connectivity index (χ2v) is 6.97. The van der Waals surface area contributed by atoms with Crippen LogP contribution in [-0.4, -0.2) is 17.6 Å². The third-order valence-corrected chi connectivity index (χ3v) is 5.01. The van der Waals surface area contributed by atoms with Crippen LogP contribution < -0.4 is 16.0 Å². The summed E-state index contributed by atoms with van der Waals surface area (Å²) in [6.45, 7) is 3.70. The quantitative estimate of drug-likeness (QED) is 0.892. The molecule has 124 valence electrons. The van der Waals surface area contributed by atoms with Gasteiger partial charge in [-0.1, -0.05) is 25.1 Å². The fourth-order valence-corrected chi connectivity index (χ4v) is 3.65. The number of hydrogen-bond donors (Lipinski definition) is 1. The van der Waals surface area contributed by atoms with Crippen LogP contribution in [0.5, 0.6) is 0 Å². The van der Waals surface area contributed by atoms with Gasteiger partial charge in [-0.15, -0.1) is 0 Å². The highest BCUT2D eigenvalue weighted by molar-refractivity contribution is 7.92. The monoisotopic (exact) mass is 337 g/mol. The average Bonchev–Trinajstić information content (AvgIpc) is 2.50. The van der Waals surface area contributed by atoms with E-state index in [9.17, 15) is 18.0 Å². The SMILES string of the molecule is CCc1cccc(C)c1NS(=O)(=O)c1cn(C)c(=O)n(C)c1=O. The van der Waals surface area contributed by atoms with Crippen molar-refractivity contribution in [1.82, 2.24) is 9.13 Å². The second kappa shape index (κ2) is 6.04. The Morgan fingerprint density at radius 1 is 1.17 bits per heavy atom. The van der Waals surface area contributed by atoms with Gasteiger partial charge in [0.15, 0.2) is 4.90 Å². The molecule has 0 aliphatic carbocycles. The molecule has 0 radical (unpaired) electrons. The summed E-state index contributed by atoms with van der Waals surface area (Å²) in [6.07, 6.45) is 1.68. The molecule has 0 saturated carbocycles. The Balaban J connectivity index is 2.63. The van der Waals surface area contributed by atoms with Crippen molar-refractivity contribution in [3.8, 4) is 0 Å². The first kappa shape index (κ1) is 17.0. The van der Waals surface area contributed by atoms with Gasteiger partial charge in [-0.25, -0.2) is 13.2 Å². The third-order valence-electron chi connectivity index (χ3n) is 3.68. The first-order chi connectivity index (χ1) is 10.7. The number of para-hydroxylation sites is 1. The van der Waals surface area contributed by atoms with Gasteiger partial charge < -0.3 is 4.57 Å². The Morgan fingerprint density at radius 3 is 2.43 bits per heavy atom. The average molecular weight is 337 g/mol. The number of anilines is 1. The maximum Gasteiger partial charge on any atom is 0.330 e. The summed E-state index contributed by atoms with van der Waals surface area (Å²) in [5, 5.41) is 0. The molecule has 1 N–H and O–H groups in total. The topological polar surface area (TPSA) is 90.2 Å². The summed E-state index contributed by atoms with van der Waals surface area (Å²) in [5.74, 6) is 0. The second-order valence-electron chi connectivity index (χ2n) is 5.32. The number of sulfonamides is 1. The molecule has 0 saturated heterocycles. The van der Waals surface area contributed by atoms with Crippen LogP contribution in [0.15, 0.2) is 38.9 Å². The number of benzene rings is 1. The summed E-state index contributed by atoms with van der Waals surface area (Å²) in [6, 6.07) is 5.46. The molecule has 0 bridgehead atoms. The van der Waals surface area contributed by atoms with Crippen LogP contribution in [-0.2, 0) is 30.5 Å². The first-order valence-electron chi connectivity index (χ1n) is 7.07. The molecule has 0 spiro atoms. The van der Waals surface area contributed by atoms with Gasteiger partial charge in [0, 0.05) is 20.3 Å². The van der Waals surface area contributed by atoms with Crippen LogP contribution >= 0.6 is 0 Å². The van der Waals surface area contributed by atoms with E-state index in [0.717, 1.165) is 26.5 Å². The Kier molecular flexibility index (Phi) is 4.46. The van der Waals surface area contributed by atoms with E-state index in [2.05, 4.69) is 4.72 Å². The van der Waals surface area contributed by atoms with E-state index in [1.54, 1.807) is 13.0 Å². The van der Waals surface area contributed by atoms with Crippen molar-refractivity contribution in [3.63, 3.8) is 0 Å². The minimum atomic E-state index is -4.10. The predicted octanol–water partition coefficient (Wildman–Crippen LogP) is 0.756. The van der Waals surface area contributed by atoms with Gasteiger partial charge in [0.1, 0.15) is 0 Å². The van der Waals surface area contributed by atoms with Crippen molar-refractivity contribution >= 4 is 15.7 Å². The summed E-state index contributed by atoms with van der Waals surface area (Å²) in [7, 11) is -1.46. The third kappa shape index (κ3) is 3.07. The standard InChI is InChI=1S/C15H19N3O4S/c1-5-11-8-6-7-10(2)13(11)16-23(21,22)12-9-17(3)15(20)18(4)14(12)19/h6-9,16H,5H2,1-4H3. The van der Waals surface area contributed by atoms with E-state index >= 15 is 0 Å². The van der Waals surface area contributed by atoms with Crippen LogP contribution in [0.3, 0.4) is 0 Å². The Morgan fingerprint density at radius 2 is 1.83 bits per heavy atom. The molecule has 0 atom stereocenters. The molecule has 23 heavy (non-hydrogen) atoms. The molecular formula is C15H19N3O4S. The molecule has 0 amide bonds. The summed E-state index contributed by atoms with van der Waals surface area (Å²) in [5.41, 5.74) is 0.613. The van der Waals surface area contributed by atoms with Gasteiger partial charge in [-0.3, -0.25) is 14.1 Å². The van der Waals surface area contributed by atoms with Crippen LogP contribution in [0.25, 0.3) is 0 Å². The van der Waals surface area contributed by atoms with Crippen LogP contribution in [0.1, 0.15) is 18.1 Å². The largest absolute Gasteiger partial charge is 0.330 e. The molecule has 8 heteroatoms. The van der Waals surface area contributed by atoms with E-state index in [4.69, 9.17) is 0 Å². The Labute approximate surface area is 134 Å². The zero-order valence-electron chi connectivity index (χ0n) is 13.5. The molecule has 2 rings (SSSR count). The minimum Gasteiger partial charge on any atom is -0.302 e. The lowest BCUT2D eigenvalue weighted by molar-refractivity contribution is 0.589. The summed E-state index contributed by atoms with van der Waals surface area (Å²) in [4.78, 5) is 23.4. The molecule has 0 aliphatic rings. The predicted molar refractivity (Wildman–Crippen MR) is 88.3 cm³/mol. The maximum atomic E-state index is 12.6. The molecule has 2 aromatic rings. The zero-order valence-corrected chi connectivity index (χ0v) is 14.3. The Hall–Kier alpha value is -2.35. The highest BCUT2D eigenvalue weighted by Crippen LogP contribution is 2.23. The highest BCUT2D eigenvalue weighted by atomic mass is 32.2. The zero-order chi connectivity index (χ0) is 17.4. The highest BCUT2D eigenvalue weighted by Gasteiger charge is 2.23. The van der Waals surface area contributed by atoms with Crippen molar-refractivity contribution in [2.75, 3.05) is 4.72 Å². The maximum absolute atomic E-state index is 12.6. The molecule has 1 aromatic heterocycles. The number of hydrogen-bond acceptors (Lipinski definition) is 4. The number of rotatable bonds is 4. The van der Waals surface area contributed by atoms with Gasteiger partial charge in [0.2, 0.25) is 0 Å². The molecular weight excluding hydrogens is 318 g/mol. The molecule has 0 unspecified atom stereocenters. The number of nitrogens with zero attached hydrogens (tertiary/aromatic N) is 2. The lowest BCUT2D eigenvalue weighted by Gasteiger charge is -2.15. The van der Waals surface area contributed by atoms with Crippen molar-refractivity contribution in [3.05, 3.63) is 56.4 Å². The molecule has 1 aromatic carbocycles. The smallest absolute Gasteiger partial charge is 0.302 e. The molecule has 0 aliphatic heterocycles. The van der Waals surface area contributed by atoms with Gasteiger partial charge >= 0.3 is 5.69 Å².